The number of esters is 1. The summed E-state index contributed by atoms with van der Waals surface area (Å²) in [7, 11) is 1.64. The molecular weight excluding hydrogens is 414 g/mol. The lowest BCUT2D eigenvalue weighted by atomic mass is 10.1. The van der Waals surface area contributed by atoms with Gasteiger partial charge < -0.3 is 4.74 Å². The number of rotatable bonds is 4. The van der Waals surface area contributed by atoms with Crippen molar-refractivity contribution >= 4 is 50.3 Å². The van der Waals surface area contributed by atoms with Crippen LogP contribution < -0.4 is 5.56 Å². The van der Waals surface area contributed by atoms with E-state index in [1.54, 1.807) is 17.5 Å². The largest absolute Gasteiger partial charge is 0.454 e. The second-order valence-corrected chi connectivity index (χ2v) is 8.16. The van der Waals surface area contributed by atoms with E-state index in [1.165, 1.54) is 22.0 Å². The van der Waals surface area contributed by atoms with Crippen LogP contribution in [0.4, 0.5) is 0 Å². The Labute approximate surface area is 180 Å². The van der Waals surface area contributed by atoms with Crippen molar-refractivity contribution in [3.8, 4) is 0 Å². The highest BCUT2D eigenvalue weighted by Gasteiger charge is 2.15. The molecule has 0 aliphatic heterocycles. The van der Waals surface area contributed by atoms with E-state index in [1.807, 2.05) is 49.4 Å². The molecule has 0 saturated heterocycles. The van der Waals surface area contributed by atoms with Gasteiger partial charge in [-0.1, -0.05) is 23.8 Å². The van der Waals surface area contributed by atoms with Gasteiger partial charge in [-0.2, -0.15) is 0 Å². The van der Waals surface area contributed by atoms with E-state index in [4.69, 9.17) is 4.74 Å². The molecule has 154 valence electrons. The van der Waals surface area contributed by atoms with Gasteiger partial charge in [-0.25, -0.2) is 9.78 Å². The Morgan fingerprint density at radius 1 is 1.19 bits per heavy atom. The summed E-state index contributed by atoms with van der Waals surface area (Å²) in [5.74, 6) is 0.305. The number of hydrogen-bond acceptors (Lipinski definition) is 7. The van der Waals surface area contributed by atoms with Crippen molar-refractivity contribution in [1.82, 2.24) is 24.1 Å². The third kappa shape index (κ3) is 3.38. The molecule has 0 unspecified atom stereocenters. The van der Waals surface area contributed by atoms with Crippen molar-refractivity contribution in [3.05, 3.63) is 75.3 Å². The predicted octanol–water partition coefficient (Wildman–Crippen LogP) is 3.26. The van der Waals surface area contributed by atoms with E-state index in [0.29, 0.717) is 22.5 Å². The molecule has 0 aliphatic carbocycles. The average Bonchev–Trinajstić information content (AvgIpc) is 3.38. The average molecular weight is 431 g/mol. The zero-order chi connectivity index (χ0) is 21.5. The first-order valence-electron chi connectivity index (χ1n) is 9.55. The van der Waals surface area contributed by atoms with Crippen LogP contribution in [0.2, 0.25) is 0 Å². The number of benzene rings is 2. The van der Waals surface area contributed by atoms with E-state index in [2.05, 4.69) is 15.2 Å². The maximum Gasteiger partial charge on any atom is 0.331 e. The Hall–Kier alpha value is -3.85. The Balaban J connectivity index is 1.41. The Morgan fingerprint density at radius 2 is 2.03 bits per heavy atom. The molecule has 0 fully saturated rings. The number of thiazole rings is 1. The van der Waals surface area contributed by atoms with E-state index in [-0.39, 0.29) is 12.2 Å². The highest BCUT2D eigenvalue weighted by atomic mass is 32.1. The molecule has 0 bridgehead atoms. The highest BCUT2D eigenvalue weighted by molar-refractivity contribution is 7.19. The van der Waals surface area contributed by atoms with Gasteiger partial charge in [0.1, 0.15) is 5.01 Å². The molecule has 3 heterocycles. The molecule has 0 N–H and O–H groups in total. The number of ether oxygens (including phenoxy) is 1. The lowest BCUT2D eigenvalue weighted by Gasteiger charge is -2.08. The van der Waals surface area contributed by atoms with Crippen LogP contribution in [0, 0.1) is 6.92 Å². The maximum atomic E-state index is 12.6. The van der Waals surface area contributed by atoms with Crippen LogP contribution in [0.5, 0.6) is 0 Å². The second-order valence-electron chi connectivity index (χ2n) is 7.10. The topological polar surface area (TPSA) is 91.4 Å². The van der Waals surface area contributed by atoms with Crippen LogP contribution in [0.1, 0.15) is 16.4 Å². The first-order chi connectivity index (χ1) is 15.0. The number of fused-ring (bicyclic) bond motifs is 4. The summed E-state index contributed by atoms with van der Waals surface area (Å²) in [4.78, 5) is 29.3. The number of carbonyl (C=O) groups excluding carboxylic acids is 1. The number of nitrogens with zero attached hydrogens (tertiary/aromatic N) is 5. The zero-order valence-corrected chi connectivity index (χ0v) is 17.6. The van der Waals surface area contributed by atoms with Crippen LogP contribution in [-0.4, -0.2) is 30.1 Å². The maximum absolute atomic E-state index is 12.6. The molecule has 0 amide bonds. The van der Waals surface area contributed by atoms with Crippen LogP contribution in [0.25, 0.3) is 33.0 Å². The van der Waals surface area contributed by atoms with Crippen molar-refractivity contribution in [2.45, 2.75) is 13.5 Å². The second kappa shape index (κ2) is 7.44. The Morgan fingerprint density at radius 3 is 2.87 bits per heavy atom. The van der Waals surface area contributed by atoms with Gasteiger partial charge in [0.15, 0.2) is 12.4 Å². The molecule has 0 atom stereocenters. The lowest BCUT2D eigenvalue weighted by molar-refractivity contribution is -0.139. The normalized spacial score (nSPS) is 11.8. The van der Waals surface area contributed by atoms with Gasteiger partial charge in [0.25, 0.3) is 5.56 Å². The summed E-state index contributed by atoms with van der Waals surface area (Å²) in [5.41, 5.74) is 2.39. The molecular formula is C22H17N5O3S. The molecule has 9 heteroatoms. The number of para-hydroxylation sites is 1. The van der Waals surface area contributed by atoms with E-state index in [0.717, 1.165) is 20.8 Å². The quantitative estimate of drug-likeness (QED) is 0.320. The lowest BCUT2D eigenvalue weighted by Crippen LogP contribution is -2.20. The van der Waals surface area contributed by atoms with Gasteiger partial charge in [-0.15, -0.1) is 21.5 Å². The Kier molecular flexibility index (Phi) is 4.59. The SMILES string of the molecule is Cc1ccc2c(c1)c(=O)n(C)c1nnc(COC(=O)/C=C/c3nc4ccccc4s3)n21. The van der Waals surface area contributed by atoms with Crippen molar-refractivity contribution in [2.75, 3.05) is 0 Å². The molecule has 0 spiro atoms. The van der Waals surface area contributed by atoms with Crippen molar-refractivity contribution in [2.24, 2.45) is 7.05 Å². The van der Waals surface area contributed by atoms with Gasteiger partial charge in [-0.05, 0) is 37.3 Å². The summed E-state index contributed by atoms with van der Waals surface area (Å²) < 4.78 is 9.60. The molecule has 0 aliphatic rings. The fourth-order valence-electron chi connectivity index (χ4n) is 3.44. The fourth-order valence-corrected chi connectivity index (χ4v) is 4.31. The number of carbonyl (C=O) groups is 1. The van der Waals surface area contributed by atoms with E-state index in [9.17, 15) is 9.59 Å². The molecule has 2 aromatic carbocycles. The highest BCUT2D eigenvalue weighted by Crippen LogP contribution is 2.22. The van der Waals surface area contributed by atoms with Gasteiger partial charge in [0.2, 0.25) is 5.78 Å². The first kappa shape index (κ1) is 19.1. The van der Waals surface area contributed by atoms with Gasteiger partial charge in [-0.3, -0.25) is 13.8 Å². The van der Waals surface area contributed by atoms with Crippen molar-refractivity contribution in [3.63, 3.8) is 0 Å². The summed E-state index contributed by atoms with van der Waals surface area (Å²) in [6.07, 6.45) is 2.98. The molecule has 5 rings (SSSR count). The Bertz CT molecular complexity index is 1530. The molecule has 8 nitrogen and oxygen atoms in total. The molecule has 3 aromatic heterocycles. The summed E-state index contributed by atoms with van der Waals surface area (Å²) in [6, 6.07) is 13.4. The third-order valence-electron chi connectivity index (χ3n) is 4.96. The van der Waals surface area contributed by atoms with E-state index >= 15 is 0 Å². The number of aryl methyl sites for hydroxylation is 2. The fraction of sp³-hybridized carbons (Fsp3) is 0.136. The monoisotopic (exact) mass is 431 g/mol. The van der Waals surface area contributed by atoms with Crippen LogP contribution >= 0.6 is 11.3 Å². The van der Waals surface area contributed by atoms with Crippen LogP contribution in [0.3, 0.4) is 0 Å². The third-order valence-corrected chi connectivity index (χ3v) is 5.96. The summed E-state index contributed by atoms with van der Waals surface area (Å²) in [5, 5.41) is 9.51. The summed E-state index contributed by atoms with van der Waals surface area (Å²) >= 11 is 1.50. The predicted molar refractivity (Wildman–Crippen MR) is 119 cm³/mol. The molecule has 0 saturated carbocycles. The molecule has 0 radical (unpaired) electrons. The zero-order valence-electron chi connectivity index (χ0n) is 16.8. The van der Waals surface area contributed by atoms with Gasteiger partial charge in [0, 0.05) is 13.1 Å². The minimum Gasteiger partial charge on any atom is -0.454 e. The van der Waals surface area contributed by atoms with Gasteiger partial charge >= 0.3 is 5.97 Å². The van der Waals surface area contributed by atoms with Crippen molar-refractivity contribution in [1.29, 1.82) is 0 Å². The minimum absolute atomic E-state index is 0.0780. The summed E-state index contributed by atoms with van der Waals surface area (Å²) in [6.45, 7) is 1.85. The number of aromatic nitrogens is 5. The molecule has 31 heavy (non-hydrogen) atoms. The van der Waals surface area contributed by atoms with E-state index < -0.39 is 5.97 Å². The minimum atomic E-state index is -0.513. The van der Waals surface area contributed by atoms with Crippen molar-refractivity contribution < 1.29 is 9.53 Å². The van der Waals surface area contributed by atoms with Gasteiger partial charge in [0.05, 0.1) is 21.1 Å². The standard InChI is InChI=1S/C22H17N5O3S/c1-13-7-8-16-14(11-13)21(29)26(2)22-25-24-18(27(16)22)12-30-20(28)10-9-19-23-15-5-3-4-6-17(15)31-19/h3-11H,12H2,1-2H3/b10-9+. The number of hydrogen-bond donors (Lipinski definition) is 0. The molecule has 5 aromatic rings. The smallest absolute Gasteiger partial charge is 0.331 e. The first-order valence-corrected chi connectivity index (χ1v) is 10.4. The van der Waals surface area contributed by atoms with Crippen LogP contribution in [-0.2, 0) is 23.2 Å². The van der Waals surface area contributed by atoms with Crippen LogP contribution in [0.15, 0.2) is 53.3 Å².